The number of rotatable bonds is 5. The molecule has 2 aliphatic heterocycles. The number of carbonyl (C=O) groups excluding carboxylic acids is 3. The fraction of sp³-hybridized carbons (Fsp3) is 0.471. The van der Waals surface area contributed by atoms with Crippen LogP contribution in [0.1, 0.15) is 18.9 Å². The van der Waals surface area contributed by atoms with Gasteiger partial charge in [0.1, 0.15) is 12.7 Å². The van der Waals surface area contributed by atoms with E-state index in [2.05, 4.69) is 5.32 Å². The summed E-state index contributed by atoms with van der Waals surface area (Å²) in [6.45, 7) is 1.73. The zero-order valence-electron chi connectivity index (χ0n) is 14.9. The maximum atomic E-state index is 13.6. The number of nitrogens with zero attached hydrogens (tertiary/aromatic N) is 2. The molecule has 3 rings (SSSR count). The molecular weight excluding hydrogens is 383 g/mol. The van der Waals surface area contributed by atoms with Crippen LogP contribution in [0.15, 0.2) is 18.2 Å². The van der Waals surface area contributed by atoms with E-state index in [0.717, 1.165) is 21.9 Å². The van der Waals surface area contributed by atoms with Gasteiger partial charge in [0, 0.05) is 12.1 Å². The summed E-state index contributed by atoms with van der Waals surface area (Å²) in [7, 11) is 0. The van der Waals surface area contributed by atoms with Crippen molar-refractivity contribution in [2.45, 2.75) is 25.6 Å². The second-order valence-electron chi connectivity index (χ2n) is 6.24. The third-order valence-corrected chi connectivity index (χ3v) is 4.37. The molecule has 2 fully saturated rings. The summed E-state index contributed by atoms with van der Waals surface area (Å²) in [5.74, 6) is -0.226. The average Bonchev–Trinajstić information content (AvgIpc) is 3.23. The van der Waals surface area contributed by atoms with Crippen molar-refractivity contribution in [2.75, 3.05) is 36.0 Å². The van der Waals surface area contributed by atoms with E-state index < -0.39 is 30.0 Å². The zero-order chi connectivity index (χ0) is 20.5. The fourth-order valence-electron chi connectivity index (χ4n) is 2.96. The molecule has 8 nitrogen and oxygen atoms in total. The number of alkyl halides is 3. The molecule has 2 heterocycles. The van der Waals surface area contributed by atoms with E-state index in [1.807, 2.05) is 0 Å². The van der Waals surface area contributed by atoms with E-state index in [-0.39, 0.29) is 49.9 Å². The van der Waals surface area contributed by atoms with E-state index in [1.165, 1.54) is 6.07 Å². The van der Waals surface area contributed by atoms with Crippen LogP contribution >= 0.6 is 0 Å². The number of anilines is 2. The Bertz CT molecular complexity index is 799. The molecule has 152 valence electrons. The van der Waals surface area contributed by atoms with Crippen LogP contribution in [-0.2, 0) is 20.4 Å². The summed E-state index contributed by atoms with van der Waals surface area (Å²) in [5, 5.41) is 2.57. The second-order valence-corrected chi connectivity index (χ2v) is 6.24. The number of hydrogen-bond acceptors (Lipinski definition) is 5. The molecule has 1 N–H and O–H groups in total. The van der Waals surface area contributed by atoms with Crippen LogP contribution in [0.2, 0.25) is 0 Å². The van der Waals surface area contributed by atoms with Gasteiger partial charge in [0.25, 0.3) is 0 Å². The monoisotopic (exact) mass is 401 g/mol. The van der Waals surface area contributed by atoms with Crippen molar-refractivity contribution in [2.24, 2.45) is 0 Å². The highest BCUT2D eigenvalue weighted by Gasteiger charge is 2.40. The third-order valence-electron chi connectivity index (χ3n) is 4.37. The van der Waals surface area contributed by atoms with Gasteiger partial charge in [-0.2, -0.15) is 13.2 Å². The zero-order valence-corrected chi connectivity index (χ0v) is 14.9. The van der Waals surface area contributed by atoms with Crippen LogP contribution in [0.4, 0.5) is 34.1 Å². The first-order chi connectivity index (χ1) is 13.2. The Hall–Kier alpha value is -2.98. The minimum absolute atomic E-state index is 0.00148. The van der Waals surface area contributed by atoms with Crippen molar-refractivity contribution in [3.63, 3.8) is 0 Å². The first-order valence-electron chi connectivity index (χ1n) is 8.61. The largest absolute Gasteiger partial charge is 0.447 e. The molecule has 1 atom stereocenters. The Morgan fingerprint density at radius 3 is 2.61 bits per heavy atom. The van der Waals surface area contributed by atoms with Crippen molar-refractivity contribution in [3.05, 3.63) is 23.8 Å². The van der Waals surface area contributed by atoms with Crippen molar-refractivity contribution in [1.29, 1.82) is 0 Å². The van der Waals surface area contributed by atoms with E-state index in [9.17, 15) is 27.6 Å². The molecule has 0 bridgehead atoms. The average molecular weight is 401 g/mol. The van der Waals surface area contributed by atoms with Gasteiger partial charge in [-0.05, 0) is 18.2 Å². The van der Waals surface area contributed by atoms with Crippen molar-refractivity contribution in [3.8, 4) is 0 Å². The summed E-state index contributed by atoms with van der Waals surface area (Å²) in [4.78, 5) is 37.0. The summed E-state index contributed by atoms with van der Waals surface area (Å²) < 4.78 is 50.5. The summed E-state index contributed by atoms with van der Waals surface area (Å²) >= 11 is 0. The van der Waals surface area contributed by atoms with Gasteiger partial charge in [0.2, 0.25) is 5.91 Å². The highest BCUT2D eigenvalue weighted by Crippen LogP contribution is 2.40. The van der Waals surface area contributed by atoms with Crippen molar-refractivity contribution in [1.82, 2.24) is 5.32 Å². The lowest BCUT2D eigenvalue weighted by molar-refractivity contribution is -0.137. The van der Waals surface area contributed by atoms with Crippen LogP contribution in [0.25, 0.3) is 0 Å². The molecule has 0 radical (unpaired) electrons. The summed E-state index contributed by atoms with van der Waals surface area (Å²) in [5.41, 5.74) is -1.41. The fourth-order valence-corrected chi connectivity index (χ4v) is 2.96. The maximum Gasteiger partial charge on any atom is 0.418 e. The van der Waals surface area contributed by atoms with Gasteiger partial charge >= 0.3 is 18.4 Å². The predicted octanol–water partition coefficient (Wildman–Crippen LogP) is 2.51. The molecule has 28 heavy (non-hydrogen) atoms. The Balaban J connectivity index is 1.83. The lowest BCUT2D eigenvalue weighted by Crippen LogP contribution is -2.34. The first kappa shape index (κ1) is 19.8. The lowest BCUT2D eigenvalue weighted by Gasteiger charge is -2.22. The summed E-state index contributed by atoms with van der Waals surface area (Å²) in [6.07, 6.45) is -6.82. The smallest absolute Gasteiger partial charge is 0.418 e. The number of hydrogen-bond donors (Lipinski definition) is 1. The number of benzene rings is 1. The third kappa shape index (κ3) is 3.97. The van der Waals surface area contributed by atoms with Gasteiger partial charge in [0.05, 0.1) is 30.9 Å². The Kier molecular flexibility index (Phi) is 5.34. The molecule has 1 aromatic carbocycles. The summed E-state index contributed by atoms with van der Waals surface area (Å²) in [6, 6.07) is 3.24. The van der Waals surface area contributed by atoms with Gasteiger partial charge in [-0.25, -0.2) is 9.59 Å². The van der Waals surface area contributed by atoms with E-state index in [4.69, 9.17) is 9.47 Å². The molecule has 11 heteroatoms. The number of cyclic esters (lactones) is 2. The van der Waals surface area contributed by atoms with Gasteiger partial charge in [0.15, 0.2) is 0 Å². The number of ether oxygens (including phenoxy) is 2. The highest BCUT2D eigenvalue weighted by molar-refractivity contribution is 5.93. The molecule has 0 spiro atoms. The van der Waals surface area contributed by atoms with Crippen molar-refractivity contribution >= 4 is 29.5 Å². The Morgan fingerprint density at radius 1 is 1.25 bits per heavy atom. The number of amides is 3. The van der Waals surface area contributed by atoms with Crippen LogP contribution < -0.4 is 15.1 Å². The number of carbonyl (C=O) groups is 3. The Labute approximate surface area is 158 Å². The van der Waals surface area contributed by atoms with Gasteiger partial charge in [-0.3, -0.25) is 14.6 Å². The molecule has 0 unspecified atom stereocenters. The van der Waals surface area contributed by atoms with E-state index in [0.29, 0.717) is 0 Å². The molecule has 1 aromatic rings. The number of halogens is 3. The highest BCUT2D eigenvalue weighted by atomic mass is 19.4. The quantitative estimate of drug-likeness (QED) is 0.819. The molecule has 0 saturated carbocycles. The van der Waals surface area contributed by atoms with Gasteiger partial charge in [-0.1, -0.05) is 6.92 Å². The number of nitrogens with one attached hydrogen (secondary N) is 1. The maximum absolute atomic E-state index is 13.6. The second kappa shape index (κ2) is 7.56. The molecule has 2 saturated heterocycles. The van der Waals surface area contributed by atoms with Crippen LogP contribution in [0.5, 0.6) is 0 Å². The normalized spacial score (nSPS) is 19.6. The van der Waals surface area contributed by atoms with Crippen molar-refractivity contribution < 1.29 is 37.0 Å². The topological polar surface area (TPSA) is 88.2 Å². The van der Waals surface area contributed by atoms with Crippen LogP contribution in [0, 0.1) is 0 Å². The SMILES string of the molecule is CCC(=O)NC[C@H]1CN(c2ccc(N3CCOC3=O)c(C(F)(F)F)c2)C(=O)O1. The molecule has 0 aromatic heterocycles. The van der Waals surface area contributed by atoms with E-state index in [1.54, 1.807) is 6.92 Å². The molecule has 3 amide bonds. The lowest BCUT2D eigenvalue weighted by atomic mass is 10.1. The minimum Gasteiger partial charge on any atom is -0.447 e. The predicted molar refractivity (Wildman–Crippen MR) is 91.1 cm³/mol. The van der Waals surface area contributed by atoms with E-state index >= 15 is 0 Å². The molecular formula is C17H18F3N3O5. The Morgan fingerprint density at radius 2 is 2.00 bits per heavy atom. The first-order valence-corrected chi connectivity index (χ1v) is 8.61. The minimum atomic E-state index is -4.74. The molecule has 2 aliphatic rings. The van der Waals surface area contributed by atoms with Crippen LogP contribution in [-0.4, -0.2) is 50.4 Å². The van der Waals surface area contributed by atoms with Gasteiger partial charge in [-0.15, -0.1) is 0 Å². The van der Waals surface area contributed by atoms with Crippen LogP contribution in [0.3, 0.4) is 0 Å². The standard InChI is InChI=1S/C17H18F3N3O5/c1-2-14(24)21-8-11-9-23(16(26)28-11)10-3-4-13(12(7-10)17(18,19)20)22-5-6-27-15(22)25/h3-4,7,11H,2,5-6,8-9H2,1H3,(H,21,24)/t11-/m0/s1. The molecule has 0 aliphatic carbocycles. The van der Waals surface area contributed by atoms with Gasteiger partial charge < -0.3 is 14.8 Å².